The molecule has 0 radical (unpaired) electrons. The van der Waals surface area contributed by atoms with E-state index in [1.165, 1.54) is 24.3 Å². The molecule has 1 rings (SSSR count). The van der Waals surface area contributed by atoms with Gasteiger partial charge in [0.05, 0.1) is 0 Å². The fraction of sp³-hybridized carbons (Fsp3) is 0.385. The lowest BCUT2D eigenvalue weighted by Gasteiger charge is -2.07. The fourth-order valence-electron chi connectivity index (χ4n) is 1.50. The monoisotopic (exact) mass is 287 g/mol. The van der Waals surface area contributed by atoms with Crippen molar-refractivity contribution in [3.63, 3.8) is 0 Å². The van der Waals surface area contributed by atoms with Crippen LogP contribution in [0.4, 0.5) is 14.5 Å². The van der Waals surface area contributed by atoms with Crippen LogP contribution >= 0.6 is 0 Å². The largest absolute Gasteiger partial charge is 0.481 e. The maximum absolute atomic E-state index is 11.9. The number of alkyl halides is 2. The number of nitrogens with one attached hydrogen (secondary N) is 1. The Kier molecular flexibility index (Phi) is 6.42. The first-order chi connectivity index (χ1) is 9.47. The van der Waals surface area contributed by atoms with Crippen LogP contribution in [0.1, 0.15) is 25.7 Å². The van der Waals surface area contributed by atoms with Crippen molar-refractivity contribution in [2.24, 2.45) is 0 Å². The highest BCUT2D eigenvalue weighted by Crippen LogP contribution is 2.18. The summed E-state index contributed by atoms with van der Waals surface area (Å²) in [5.41, 5.74) is 0.467. The third-order valence-corrected chi connectivity index (χ3v) is 2.41. The maximum Gasteiger partial charge on any atom is 0.387 e. The average molecular weight is 287 g/mol. The van der Waals surface area contributed by atoms with E-state index in [4.69, 9.17) is 5.11 Å². The van der Waals surface area contributed by atoms with E-state index >= 15 is 0 Å². The zero-order valence-corrected chi connectivity index (χ0v) is 10.6. The second-order valence-electron chi connectivity index (χ2n) is 4.05. The Labute approximate surface area is 114 Å². The van der Waals surface area contributed by atoms with E-state index in [9.17, 15) is 18.4 Å². The molecule has 0 saturated heterocycles. The van der Waals surface area contributed by atoms with Crippen molar-refractivity contribution in [1.82, 2.24) is 0 Å². The lowest BCUT2D eigenvalue weighted by atomic mass is 10.2. The topological polar surface area (TPSA) is 75.6 Å². The number of anilines is 1. The number of hydrogen-bond donors (Lipinski definition) is 2. The molecule has 1 aromatic rings. The zero-order chi connectivity index (χ0) is 15.0. The van der Waals surface area contributed by atoms with Crippen molar-refractivity contribution in [3.8, 4) is 5.75 Å². The molecule has 0 aliphatic rings. The Morgan fingerprint density at radius 2 is 1.75 bits per heavy atom. The molecule has 0 unspecified atom stereocenters. The SMILES string of the molecule is O=C(O)CCCCC(=O)Nc1ccc(OC(F)F)cc1. The third kappa shape index (κ3) is 6.67. The number of benzene rings is 1. The zero-order valence-electron chi connectivity index (χ0n) is 10.6. The molecule has 0 fully saturated rings. The molecule has 110 valence electrons. The van der Waals surface area contributed by atoms with E-state index in [1.807, 2.05) is 0 Å². The minimum Gasteiger partial charge on any atom is -0.481 e. The van der Waals surface area contributed by atoms with Crippen LogP contribution in [0.25, 0.3) is 0 Å². The van der Waals surface area contributed by atoms with Gasteiger partial charge in [0.15, 0.2) is 0 Å². The molecule has 5 nitrogen and oxygen atoms in total. The second-order valence-corrected chi connectivity index (χ2v) is 4.05. The number of hydrogen-bond acceptors (Lipinski definition) is 3. The first-order valence-corrected chi connectivity index (χ1v) is 6.04. The van der Waals surface area contributed by atoms with Gasteiger partial charge < -0.3 is 15.2 Å². The molecular formula is C13H15F2NO4. The van der Waals surface area contributed by atoms with Gasteiger partial charge in [-0.1, -0.05) is 0 Å². The van der Waals surface area contributed by atoms with Crippen molar-refractivity contribution >= 4 is 17.6 Å². The first-order valence-electron chi connectivity index (χ1n) is 6.04. The van der Waals surface area contributed by atoms with Crippen molar-refractivity contribution in [2.75, 3.05) is 5.32 Å². The Morgan fingerprint density at radius 1 is 1.15 bits per heavy atom. The standard InChI is InChI=1S/C13H15F2NO4/c14-13(15)20-10-7-5-9(6-8-10)16-11(17)3-1-2-4-12(18)19/h5-8,13H,1-4H2,(H,16,17)(H,18,19). The van der Waals surface area contributed by atoms with E-state index in [0.717, 1.165) is 0 Å². The summed E-state index contributed by atoms with van der Waals surface area (Å²) >= 11 is 0. The lowest BCUT2D eigenvalue weighted by molar-refractivity contribution is -0.137. The van der Waals surface area contributed by atoms with Crippen molar-refractivity contribution in [1.29, 1.82) is 0 Å². The van der Waals surface area contributed by atoms with Crippen LogP contribution in [0.2, 0.25) is 0 Å². The molecule has 0 bridgehead atoms. The number of carboxylic acid groups (broad SMARTS) is 1. The number of carboxylic acids is 1. The molecule has 1 amide bonds. The Morgan fingerprint density at radius 3 is 2.30 bits per heavy atom. The predicted octanol–water partition coefficient (Wildman–Crippen LogP) is 2.87. The number of unbranched alkanes of at least 4 members (excludes halogenated alkanes) is 1. The van der Waals surface area contributed by atoms with Gasteiger partial charge in [0.25, 0.3) is 0 Å². The summed E-state index contributed by atoms with van der Waals surface area (Å²) in [6.45, 7) is -2.88. The van der Waals surface area contributed by atoms with Gasteiger partial charge in [-0.05, 0) is 37.1 Å². The number of halogens is 2. The molecule has 0 aliphatic heterocycles. The summed E-state index contributed by atoms with van der Waals surface area (Å²) in [5.74, 6) is -1.13. The Hall–Kier alpha value is -2.18. The molecular weight excluding hydrogens is 272 g/mol. The van der Waals surface area contributed by atoms with Crippen LogP contribution in [0, 0.1) is 0 Å². The molecule has 0 aromatic heterocycles. The summed E-state index contributed by atoms with van der Waals surface area (Å²) in [6, 6.07) is 5.55. The number of carbonyl (C=O) groups is 2. The van der Waals surface area contributed by atoms with E-state index in [0.29, 0.717) is 18.5 Å². The van der Waals surface area contributed by atoms with Crippen LogP contribution in [0.15, 0.2) is 24.3 Å². The van der Waals surface area contributed by atoms with E-state index in [2.05, 4.69) is 10.1 Å². The number of amides is 1. The van der Waals surface area contributed by atoms with Crippen LogP contribution < -0.4 is 10.1 Å². The molecule has 0 saturated carbocycles. The van der Waals surface area contributed by atoms with Gasteiger partial charge in [-0.15, -0.1) is 0 Å². The summed E-state index contributed by atoms with van der Waals surface area (Å²) in [7, 11) is 0. The van der Waals surface area contributed by atoms with Crippen LogP contribution in [0.3, 0.4) is 0 Å². The predicted molar refractivity (Wildman–Crippen MR) is 67.8 cm³/mol. The minimum atomic E-state index is -2.88. The minimum absolute atomic E-state index is 0.0134. The van der Waals surface area contributed by atoms with Crippen molar-refractivity contribution < 1.29 is 28.2 Å². The molecule has 1 aromatic carbocycles. The summed E-state index contributed by atoms with van der Waals surface area (Å²) < 4.78 is 28.0. The molecule has 0 atom stereocenters. The molecule has 2 N–H and O–H groups in total. The second kappa shape index (κ2) is 8.08. The van der Waals surface area contributed by atoms with Crippen molar-refractivity contribution in [2.45, 2.75) is 32.3 Å². The molecule has 0 spiro atoms. The van der Waals surface area contributed by atoms with Gasteiger partial charge in [0, 0.05) is 18.5 Å². The smallest absolute Gasteiger partial charge is 0.387 e. The normalized spacial score (nSPS) is 10.3. The summed E-state index contributed by atoms with van der Waals surface area (Å²) in [4.78, 5) is 21.8. The van der Waals surface area contributed by atoms with Gasteiger partial charge in [-0.3, -0.25) is 9.59 Å². The highest BCUT2D eigenvalue weighted by atomic mass is 19.3. The van der Waals surface area contributed by atoms with E-state index in [-0.39, 0.29) is 24.5 Å². The van der Waals surface area contributed by atoms with Crippen LogP contribution in [-0.2, 0) is 9.59 Å². The van der Waals surface area contributed by atoms with Gasteiger partial charge in [-0.2, -0.15) is 8.78 Å². The molecule has 7 heteroatoms. The first kappa shape index (κ1) is 15.9. The van der Waals surface area contributed by atoms with Crippen LogP contribution in [0.5, 0.6) is 5.75 Å². The number of ether oxygens (including phenoxy) is 1. The van der Waals surface area contributed by atoms with Gasteiger partial charge in [0.2, 0.25) is 5.91 Å². The van der Waals surface area contributed by atoms with Gasteiger partial charge in [-0.25, -0.2) is 0 Å². The molecule has 0 aliphatic carbocycles. The van der Waals surface area contributed by atoms with Gasteiger partial charge in [0.1, 0.15) is 5.75 Å². The molecule has 0 heterocycles. The lowest BCUT2D eigenvalue weighted by Crippen LogP contribution is -2.11. The third-order valence-electron chi connectivity index (χ3n) is 2.41. The van der Waals surface area contributed by atoms with Crippen molar-refractivity contribution in [3.05, 3.63) is 24.3 Å². The van der Waals surface area contributed by atoms with Gasteiger partial charge >= 0.3 is 12.6 Å². The van der Waals surface area contributed by atoms with E-state index in [1.54, 1.807) is 0 Å². The Balaban J connectivity index is 2.32. The number of carbonyl (C=O) groups excluding carboxylic acids is 1. The quantitative estimate of drug-likeness (QED) is 0.721. The Bertz CT molecular complexity index is 448. The van der Waals surface area contributed by atoms with E-state index < -0.39 is 12.6 Å². The highest BCUT2D eigenvalue weighted by molar-refractivity contribution is 5.90. The fourth-order valence-corrected chi connectivity index (χ4v) is 1.50. The maximum atomic E-state index is 11.9. The molecule has 20 heavy (non-hydrogen) atoms. The van der Waals surface area contributed by atoms with Crippen LogP contribution in [-0.4, -0.2) is 23.6 Å². The number of rotatable bonds is 8. The summed E-state index contributed by atoms with van der Waals surface area (Å²) in [6.07, 6.45) is 1.16. The summed E-state index contributed by atoms with van der Waals surface area (Å²) in [5, 5.41) is 11.0. The average Bonchev–Trinajstić information content (AvgIpc) is 2.36. The highest BCUT2D eigenvalue weighted by Gasteiger charge is 2.06. The number of aliphatic carboxylic acids is 1.